The van der Waals surface area contributed by atoms with E-state index in [1.807, 2.05) is 60.3 Å². The van der Waals surface area contributed by atoms with Gasteiger partial charge in [-0.05, 0) is 30.2 Å². The molecule has 1 unspecified atom stereocenters. The average molecular weight is 239 g/mol. The molecule has 2 nitrogen and oxygen atoms in total. The van der Waals surface area contributed by atoms with Gasteiger partial charge in [0.15, 0.2) is 0 Å². The van der Waals surface area contributed by atoms with E-state index >= 15 is 0 Å². The van der Waals surface area contributed by atoms with E-state index in [0.717, 1.165) is 17.5 Å². The molecule has 0 saturated carbocycles. The molecule has 0 spiro atoms. The minimum Gasteiger partial charge on any atom is -0.388 e. The molecule has 2 heteroatoms. The van der Waals surface area contributed by atoms with Crippen LogP contribution in [0.25, 0.3) is 0 Å². The van der Waals surface area contributed by atoms with Crippen molar-refractivity contribution in [1.82, 2.24) is 4.57 Å². The van der Waals surface area contributed by atoms with Gasteiger partial charge in [0.2, 0.25) is 0 Å². The summed E-state index contributed by atoms with van der Waals surface area (Å²) >= 11 is 0. The van der Waals surface area contributed by atoms with Gasteiger partial charge in [-0.25, -0.2) is 0 Å². The van der Waals surface area contributed by atoms with Crippen molar-refractivity contribution < 1.29 is 5.11 Å². The number of hydrogen-bond donors (Lipinski definition) is 1. The molecule has 0 aliphatic carbocycles. The molecule has 0 aliphatic rings. The summed E-state index contributed by atoms with van der Waals surface area (Å²) in [4.78, 5) is 0. The molecule has 1 N–H and O–H groups in total. The van der Waals surface area contributed by atoms with Crippen LogP contribution in [0.4, 0.5) is 0 Å². The first kappa shape index (κ1) is 12.5. The number of aliphatic hydroxyl groups is 1. The first-order valence-corrected chi connectivity index (χ1v) is 6.17. The molecule has 92 valence electrons. The van der Waals surface area contributed by atoms with Crippen LogP contribution in [0.3, 0.4) is 0 Å². The van der Waals surface area contributed by atoms with Gasteiger partial charge in [-0.2, -0.15) is 0 Å². The molecule has 1 atom stereocenters. The van der Waals surface area contributed by atoms with E-state index in [-0.39, 0.29) is 6.10 Å². The maximum Gasteiger partial charge on any atom is 0.0835 e. The monoisotopic (exact) mass is 239 g/mol. The Balaban J connectivity index is 1.99. The summed E-state index contributed by atoms with van der Waals surface area (Å²) in [6.07, 6.45) is 4.27. The van der Waals surface area contributed by atoms with E-state index in [1.165, 1.54) is 0 Å². The highest BCUT2D eigenvalue weighted by atomic mass is 16.3. The van der Waals surface area contributed by atoms with Crippen molar-refractivity contribution >= 4 is 0 Å². The van der Waals surface area contributed by atoms with Gasteiger partial charge in [-0.3, -0.25) is 0 Å². The molecule has 0 bridgehead atoms. The van der Waals surface area contributed by atoms with Crippen molar-refractivity contribution in [1.29, 1.82) is 0 Å². The second-order valence-corrected chi connectivity index (χ2v) is 4.21. The lowest BCUT2D eigenvalue weighted by molar-refractivity contribution is 0.173. The Morgan fingerprint density at radius 2 is 2.00 bits per heavy atom. The fourth-order valence-corrected chi connectivity index (χ4v) is 1.74. The van der Waals surface area contributed by atoms with Gasteiger partial charge in [0.25, 0.3) is 0 Å². The Morgan fingerprint density at radius 1 is 1.22 bits per heavy atom. The molecule has 1 aromatic carbocycles. The van der Waals surface area contributed by atoms with Crippen LogP contribution in [-0.4, -0.2) is 9.67 Å². The van der Waals surface area contributed by atoms with Gasteiger partial charge in [-0.1, -0.05) is 37.0 Å². The van der Waals surface area contributed by atoms with E-state index < -0.39 is 0 Å². The van der Waals surface area contributed by atoms with Gasteiger partial charge in [-0.15, -0.1) is 0 Å². The first-order valence-electron chi connectivity index (χ1n) is 6.17. The Kier molecular flexibility index (Phi) is 4.22. The third-order valence-corrected chi connectivity index (χ3v) is 2.81. The number of hydrogen-bond acceptors (Lipinski definition) is 1. The van der Waals surface area contributed by atoms with Gasteiger partial charge < -0.3 is 9.67 Å². The summed E-state index contributed by atoms with van der Waals surface area (Å²) in [6.45, 7) is 2.61. The fourth-order valence-electron chi connectivity index (χ4n) is 1.74. The molecular formula is C16H17NO. The van der Waals surface area contributed by atoms with Crippen LogP contribution >= 0.6 is 0 Å². The standard InChI is InChI=1S/C16H17NO/c1-2-16(18)15-10-12-17(13-15)11-6-9-14-7-4-3-5-8-14/h3-5,7-8,10,12-13,16,18H,2,11H2,1H3. The van der Waals surface area contributed by atoms with E-state index in [1.54, 1.807) is 0 Å². The lowest BCUT2D eigenvalue weighted by Crippen LogP contribution is -1.94. The predicted octanol–water partition coefficient (Wildman–Crippen LogP) is 2.98. The van der Waals surface area contributed by atoms with E-state index in [0.29, 0.717) is 6.54 Å². The second-order valence-electron chi connectivity index (χ2n) is 4.21. The van der Waals surface area contributed by atoms with Gasteiger partial charge in [0, 0.05) is 18.0 Å². The Hall–Kier alpha value is -1.98. The molecule has 1 aromatic heterocycles. The van der Waals surface area contributed by atoms with Gasteiger partial charge in [0.05, 0.1) is 12.6 Å². The number of aromatic nitrogens is 1. The maximum atomic E-state index is 9.70. The molecule has 2 rings (SSSR count). The molecule has 0 aliphatic heterocycles. The summed E-state index contributed by atoms with van der Waals surface area (Å²) in [5.74, 6) is 6.23. The zero-order valence-electron chi connectivity index (χ0n) is 10.5. The number of rotatable bonds is 3. The minimum atomic E-state index is -0.367. The Morgan fingerprint density at radius 3 is 2.72 bits per heavy atom. The number of nitrogens with zero attached hydrogens (tertiary/aromatic N) is 1. The lowest BCUT2D eigenvalue weighted by atomic mass is 10.1. The van der Waals surface area contributed by atoms with Crippen LogP contribution in [0.5, 0.6) is 0 Å². The van der Waals surface area contributed by atoms with Crippen molar-refractivity contribution in [3.05, 3.63) is 59.9 Å². The van der Waals surface area contributed by atoms with Crippen LogP contribution in [0.15, 0.2) is 48.8 Å². The average Bonchev–Trinajstić information content (AvgIpc) is 2.88. The molecule has 2 aromatic rings. The minimum absolute atomic E-state index is 0.367. The summed E-state index contributed by atoms with van der Waals surface area (Å²) < 4.78 is 1.99. The largest absolute Gasteiger partial charge is 0.388 e. The molecule has 0 saturated heterocycles. The molecule has 0 radical (unpaired) electrons. The lowest BCUT2D eigenvalue weighted by Gasteiger charge is -2.03. The second kappa shape index (κ2) is 6.09. The summed E-state index contributed by atoms with van der Waals surface area (Å²) in [5.41, 5.74) is 1.98. The van der Waals surface area contributed by atoms with Crippen LogP contribution in [0.2, 0.25) is 0 Å². The van der Waals surface area contributed by atoms with Crippen molar-refractivity contribution in [2.75, 3.05) is 0 Å². The number of aliphatic hydroxyl groups excluding tert-OH is 1. The third-order valence-electron chi connectivity index (χ3n) is 2.81. The first-order chi connectivity index (χ1) is 8.79. The van der Waals surface area contributed by atoms with Crippen molar-refractivity contribution in [3.63, 3.8) is 0 Å². The van der Waals surface area contributed by atoms with Crippen molar-refractivity contribution in [2.24, 2.45) is 0 Å². The van der Waals surface area contributed by atoms with E-state index in [2.05, 4.69) is 11.8 Å². The summed E-state index contributed by atoms with van der Waals surface area (Å²) in [6, 6.07) is 11.9. The smallest absolute Gasteiger partial charge is 0.0835 e. The number of benzene rings is 1. The highest BCUT2D eigenvalue weighted by molar-refractivity contribution is 5.33. The van der Waals surface area contributed by atoms with Gasteiger partial charge in [0.1, 0.15) is 0 Å². The van der Waals surface area contributed by atoms with E-state index in [9.17, 15) is 5.11 Å². The van der Waals surface area contributed by atoms with Crippen LogP contribution in [0, 0.1) is 11.8 Å². The van der Waals surface area contributed by atoms with E-state index in [4.69, 9.17) is 0 Å². The SMILES string of the molecule is CCC(O)c1ccn(CC#Cc2ccccc2)c1. The third kappa shape index (κ3) is 3.26. The topological polar surface area (TPSA) is 25.2 Å². The fraction of sp³-hybridized carbons (Fsp3) is 0.250. The molecular weight excluding hydrogens is 222 g/mol. The van der Waals surface area contributed by atoms with Crippen LogP contribution in [-0.2, 0) is 6.54 Å². The van der Waals surface area contributed by atoms with Gasteiger partial charge >= 0.3 is 0 Å². The normalized spacial score (nSPS) is 11.7. The molecule has 0 amide bonds. The zero-order valence-corrected chi connectivity index (χ0v) is 10.5. The van der Waals surface area contributed by atoms with Crippen molar-refractivity contribution in [3.8, 4) is 11.8 Å². The Bertz CT molecular complexity index is 545. The predicted molar refractivity (Wildman–Crippen MR) is 73.0 cm³/mol. The summed E-state index contributed by atoms with van der Waals surface area (Å²) in [7, 11) is 0. The van der Waals surface area contributed by atoms with Crippen LogP contribution in [0.1, 0.15) is 30.6 Å². The summed E-state index contributed by atoms with van der Waals surface area (Å²) in [5, 5.41) is 9.70. The highest BCUT2D eigenvalue weighted by Gasteiger charge is 2.05. The molecule has 0 fully saturated rings. The van der Waals surface area contributed by atoms with Crippen LogP contribution < -0.4 is 0 Å². The van der Waals surface area contributed by atoms with Crippen molar-refractivity contribution in [2.45, 2.75) is 26.0 Å². The maximum absolute atomic E-state index is 9.70. The molecule has 1 heterocycles. The zero-order chi connectivity index (χ0) is 12.8. The molecule has 18 heavy (non-hydrogen) atoms. The Labute approximate surface area is 108 Å². The quantitative estimate of drug-likeness (QED) is 0.818. The highest BCUT2D eigenvalue weighted by Crippen LogP contribution is 2.15.